The predicted octanol–water partition coefficient (Wildman–Crippen LogP) is 2.48. The number of methoxy groups -OCH3 is 1. The number of hydrogen-bond acceptors (Lipinski definition) is 4. The highest BCUT2D eigenvalue weighted by Crippen LogP contribution is 2.28. The lowest BCUT2D eigenvalue weighted by atomic mass is 9.81. The van der Waals surface area contributed by atoms with Crippen LogP contribution in [0.2, 0.25) is 0 Å². The highest BCUT2D eigenvalue weighted by Gasteiger charge is 2.32. The van der Waals surface area contributed by atoms with Gasteiger partial charge in [-0.05, 0) is 37.5 Å². The Kier molecular flexibility index (Phi) is 7.18. The van der Waals surface area contributed by atoms with Gasteiger partial charge in [-0.1, -0.05) is 19.9 Å². The number of benzene rings is 1. The number of ether oxygens (including phenoxy) is 2. The van der Waals surface area contributed by atoms with Crippen molar-refractivity contribution < 1.29 is 14.3 Å². The molecule has 1 aromatic rings. The first-order valence-electron chi connectivity index (χ1n) is 7.84. The topological polar surface area (TPSA) is 73.6 Å². The number of hydrogen-bond donors (Lipinski definition) is 2. The van der Waals surface area contributed by atoms with Crippen LogP contribution >= 0.6 is 0 Å². The molecule has 3 N–H and O–H groups in total. The summed E-state index contributed by atoms with van der Waals surface area (Å²) in [7, 11) is 1.60. The number of nitrogens with two attached hydrogens (primary N) is 1. The molecule has 0 saturated carbocycles. The average Bonchev–Trinajstić information content (AvgIpc) is 2.56. The van der Waals surface area contributed by atoms with Gasteiger partial charge in [-0.2, -0.15) is 0 Å². The SMILES string of the molecule is CCOc1ccc(CNC(=O)C(CC)(CC)CN)cc1OC. The first kappa shape index (κ1) is 18.3. The third-order valence-electron chi connectivity index (χ3n) is 4.21. The lowest BCUT2D eigenvalue weighted by molar-refractivity contribution is -0.131. The minimum Gasteiger partial charge on any atom is -0.493 e. The Labute approximate surface area is 133 Å². The van der Waals surface area contributed by atoms with Gasteiger partial charge < -0.3 is 20.5 Å². The van der Waals surface area contributed by atoms with Gasteiger partial charge in [0.25, 0.3) is 0 Å². The Bertz CT molecular complexity index is 477. The number of carbonyl (C=O) groups is 1. The summed E-state index contributed by atoms with van der Waals surface area (Å²) < 4.78 is 10.8. The van der Waals surface area contributed by atoms with Crippen molar-refractivity contribution in [2.24, 2.45) is 11.1 Å². The lowest BCUT2D eigenvalue weighted by Crippen LogP contribution is -2.45. The summed E-state index contributed by atoms with van der Waals surface area (Å²) in [5.41, 5.74) is 6.29. The molecule has 0 aliphatic heterocycles. The maximum absolute atomic E-state index is 12.4. The van der Waals surface area contributed by atoms with Crippen molar-refractivity contribution in [2.45, 2.75) is 40.2 Å². The normalized spacial score (nSPS) is 11.1. The van der Waals surface area contributed by atoms with Crippen LogP contribution in [0.1, 0.15) is 39.2 Å². The fraction of sp³-hybridized carbons (Fsp3) is 0.588. The second-order valence-electron chi connectivity index (χ2n) is 5.29. The summed E-state index contributed by atoms with van der Waals surface area (Å²) in [6, 6.07) is 5.67. The van der Waals surface area contributed by atoms with Crippen LogP contribution < -0.4 is 20.5 Å². The summed E-state index contributed by atoms with van der Waals surface area (Å²) in [5, 5.41) is 2.98. The standard InChI is InChI=1S/C17H28N2O3/c1-5-17(6-2,12-18)16(20)19-11-13-8-9-14(22-7-3)15(10-13)21-4/h8-10H,5-7,11-12,18H2,1-4H3,(H,19,20). The second kappa shape index (κ2) is 8.63. The molecule has 0 aliphatic rings. The van der Waals surface area contributed by atoms with Crippen molar-refractivity contribution in [3.8, 4) is 11.5 Å². The Morgan fingerprint density at radius 3 is 2.41 bits per heavy atom. The van der Waals surface area contributed by atoms with Gasteiger partial charge in [0.05, 0.1) is 19.1 Å². The van der Waals surface area contributed by atoms with E-state index in [1.807, 2.05) is 39.0 Å². The van der Waals surface area contributed by atoms with Gasteiger partial charge in [0.15, 0.2) is 11.5 Å². The van der Waals surface area contributed by atoms with Crippen molar-refractivity contribution in [2.75, 3.05) is 20.3 Å². The molecule has 1 rings (SSSR count). The summed E-state index contributed by atoms with van der Waals surface area (Å²) in [6.07, 6.45) is 1.47. The van der Waals surface area contributed by atoms with E-state index in [0.717, 1.165) is 18.4 Å². The van der Waals surface area contributed by atoms with Gasteiger partial charge in [0, 0.05) is 13.1 Å². The summed E-state index contributed by atoms with van der Waals surface area (Å²) in [4.78, 5) is 12.4. The van der Waals surface area contributed by atoms with Crippen LogP contribution in [0.4, 0.5) is 0 Å². The van der Waals surface area contributed by atoms with Crippen molar-refractivity contribution >= 4 is 5.91 Å². The molecular formula is C17H28N2O3. The molecular weight excluding hydrogens is 280 g/mol. The van der Waals surface area contributed by atoms with Gasteiger partial charge in [0.1, 0.15) is 0 Å². The van der Waals surface area contributed by atoms with E-state index in [9.17, 15) is 4.79 Å². The Morgan fingerprint density at radius 1 is 1.23 bits per heavy atom. The average molecular weight is 308 g/mol. The Balaban J connectivity index is 2.77. The molecule has 22 heavy (non-hydrogen) atoms. The van der Waals surface area contributed by atoms with Crippen LogP contribution in [-0.2, 0) is 11.3 Å². The summed E-state index contributed by atoms with van der Waals surface area (Å²) in [5.74, 6) is 1.39. The first-order chi connectivity index (χ1) is 10.6. The van der Waals surface area contributed by atoms with Gasteiger partial charge >= 0.3 is 0 Å². The van der Waals surface area contributed by atoms with Gasteiger partial charge in [-0.15, -0.1) is 0 Å². The number of carbonyl (C=O) groups excluding carboxylic acids is 1. The number of amides is 1. The van der Waals surface area contributed by atoms with Crippen molar-refractivity contribution in [1.82, 2.24) is 5.32 Å². The molecule has 0 aromatic heterocycles. The minimum atomic E-state index is -0.477. The van der Waals surface area contributed by atoms with Crippen LogP contribution in [0.5, 0.6) is 11.5 Å². The maximum Gasteiger partial charge on any atom is 0.227 e. The maximum atomic E-state index is 12.4. The first-order valence-corrected chi connectivity index (χ1v) is 7.84. The molecule has 0 bridgehead atoms. The molecule has 0 spiro atoms. The second-order valence-corrected chi connectivity index (χ2v) is 5.29. The van der Waals surface area contributed by atoms with Gasteiger partial charge in [0.2, 0.25) is 5.91 Å². The molecule has 1 aromatic carbocycles. The van der Waals surface area contributed by atoms with E-state index in [1.165, 1.54) is 0 Å². The molecule has 0 unspecified atom stereocenters. The monoisotopic (exact) mass is 308 g/mol. The van der Waals surface area contributed by atoms with E-state index in [1.54, 1.807) is 7.11 Å². The zero-order valence-corrected chi connectivity index (χ0v) is 14.1. The third-order valence-corrected chi connectivity index (χ3v) is 4.21. The smallest absolute Gasteiger partial charge is 0.227 e. The quantitative estimate of drug-likeness (QED) is 0.735. The van der Waals surface area contributed by atoms with E-state index in [-0.39, 0.29) is 5.91 Å². The van der Waals surface area contributed by atoms with Crippen molar-refractivity contribution in [1.29, 1.82) is 0 Å². The van der Waals surface area contributed by atoms with E-state index in [2.05, 4.69) is 5.32 Å². The molecule has 5 nitrogen and oxygen atoms in total. The van der Waals surface area contributed by atoms with Crippen LogP contribution in [0, 0.1) is 5.41 Å². The molecule has 1 amide bonds. The zero-order valence-electron chi connectivity index (χ0n) is 14.1. The fourth-order valence-corrected chi connectivity index (χ4v) is 2.42. The predicted molar refractivity (Wildman–Crippen MR) is 88.1 cm³/mol. The van der Waals surface area contributed by atoms with Gasteiger partial charge in [-0.25, -0.2) is 0 Å². The van der Waals surface area contributed by atoms with Crippen molar-refractivity contribution in [3.63, 3.8) is 0 Å². The van der Waals surface area contributed by atoms with E-state index in [4.69, 9.17) is 15.2 Å². The summed E-state index contributed by atoms with van der Waals surface area (Å²) in [6.45, 7) is 7.31. The molecule has 0 heterocycles. The van der Waals surface area contributed by atoms with Crippen molar-refractivity contribution in [3.05, 3.63) is 23.8 Å². The van der Waals surface area contributed by atoms with Crippen LogP contribution in [0.15, 0.2) is 18.2 Å². The Morgan fingerprint density at radius 2 is 1.91 bits per heavy atom. The van der Waals surface area contributed by atoms with E-state index in [0.29, 0.717) is 31.2 Å². The molecule has 0 radical (unpaired) electrons. The van der Waals surface area contributed by atoms with E-state index < -0.39 is 5.41 Å². The molecule has 0 atom stereocenters. The third kappa shape index (κ3) is 4.13. The molecule has 5 heteroatoms. The fourth-order valence-electron chi connectivity index (χ4n) is 2.42. The van der Waals surface area contributed by atoms with E-state index >= 15 is 0 Å². The lowest BCUT2D eigenvalue weighted by Gasteiger charge is -2.28. The van der Waals surface area contributed by atoms with Crippen LogP contribution in [0.3, 0.4) is 0 Å². The Hall–Kier alpha value is -1.75. The number of nitrogens with one attached hydrogen (secondary N) is 1. The number of rotatable bonds is 9. The largest absolute Gasteiger partial charge is 0.493 e. The molecule has 0 aliphatic carbocycles. The molecule has 124 valence electrons. The highest BCUT2D eigenvalue weighted by molar-refractivity contribution is 5.82. The minimum absolute atomic E-state index is 0.00727. The molecule has 0 saturated heterocycles. The zero-order chi connectivity index (χ0) is 16.6. The molecule has 0 fully saturated rings. The highest BCUT2D eigenvalue weighted by atomic mass is 16.5. The summed E-state index contributed by atoms with van der Waals surface area (Å²) >= 11 is 0. The van der Waals surface area contributed by atoms with Crippen LogP contribution in [0.25, 0.3) is 0 Å². The van der Waals surface area contributed by atoms with Gasteiger partial charge in [-0.3, -0.25) is 4.79 Å². The van der Waals surface area contributed by atoms with Crippen LogP contribution in [-0.4, -0.2) is 26.2 Å².